The number of nitrogens with zero attached hydrogens (tertiary/aromatic N) is 2. The third kappa shape index (κ3) is 4.83. The Hall–Kier alpha value is -3.05. The predicted octanol–water partition coefficient (Wildman–Crippen LogP) is 6.07. The van der Waals surface area contributed by atoms with Crippen LogP contribution < -0.4 is 5.56 Å². The van der Waals surface area contributed by atoms with Gasteiger partial charge in [0.2, 0.25) is 0 Å². The summed E-state index contributed by atoms with van der Waals surface area (Å²) in [6.07, 6.45) is 3.39. The van der Waals surface area contributed by atoms with E-state index in [0.29, 0.717) is 24.9 Å². The zero-order valence-corrected chi connectivity index (χ0v) is 20.8. The number of fused-ring (bicyclic) bond motifs is 1. The number of Topliss-reactive ketones (excluding diaryl/α,β-unsaturated/α-hetero) is 1. The summed E-state index contributed by atoms with van der Waals surface area (Å²) in [7, 11) is 0. The van der Waals surface area contributed by atoms with Gasteiger partial charge in [0.05, 0.1) is 5.52 Å². The van der Waals surface area contributed by atoms with E-state index >= 15 is 0 Å². The number of ketones is 1. The highest BCUT2D eigenvalue weighted by atomic mass is 79.9. The van der Waals surface area contributed by atoms with E-state index in [0.717, 1.165) is 49.7 Å². The van der Waals surface area contributed by atoms with Gasteiger partial charge in [0.25, 0.3) is 5.56 Å². The maximum atomic E-state index is 13.5. The Kier molecular flexibility index (Phi) is 6.89. The molecule has 33 heavy (non-hydrogen) atoms. The molecule has 0 amide bonds. The van der Waals surface area contributed by atoms with Crippen molar-refractivity contribution >= 4 is 32.6 Å². The summed E-state index contributed by atoms with van der Waals surface area (Å²) >= 11 is 3.66. The van der Waals surface area contributed by atoms with Gasteiger partial charge >= 0.3 is 0 Å². The molecule has 2 aromatic carbocycles. The SMILES string of the molecule is CCc1cc2c(cn1)cc(-c1cc(CC(=O)Cc3ccccc3)c(C)cc1Br)c(=O)n2CC. The number of benzene rings is 2. The lowest BCUT2D eigenvalue weighted by Crippen LogP contribution is -2.22. The molecule has 0 aliphatic carbocycles. The zero-order chi connectivity index (χ0) is 23.5. The third-order valence-corrected chi connectivity index (χ3v) is 6.72. The Morgan fingerprint density at radius 2 is 1.76 bits per heavy atom. The topological polar surface area (TPSA) is 52.0 Å². The quantitative estimate of drug-likeness (QED) is 0.308. The van der Waals surface area contributed by atoms with Crippen molar-refractivity contribution in [3.05, 3.63) is 98.0 Å². The van der Waals surface area contributed by atoms with Crippen molar-refractivity contribution in [2.24, 2.45) is 0 Å². The molecule has 4 nitrogen and oxygen atoms in total. The number of hydrogen-bond acceptors (Lipinski definition) is 3. The molecule has 0 bridgehead atoms. The molecule has 2 aromatic heterocycles. The van der Waals surface area contributed by atoms with Gasteiger partial charge < -0.3 is 4.57 Å². The summed E-state index contributed by atoms with van der Waals surface area (Å²) in [6, 6.07) is 17.7. The van der Waals surface area contributed by atoms with Crippen LogP contribution in [0.3, 0.4) is 0 Å². The van der Waals surface area contributed by atoms with Crippen LogP contribution in [0.15, 0.2) is 70.1 Å². The molecule has 0 saturated heterocycles. The van der Waals surface area contributed by atoms with Crippen LogP contribution in [0.25, 0.3) is 22.0 Å². The van der Waals surface area contributed by atoms with Crippen molar-refractivity contribution in [1.82, 2.24) is 9.55 Å². The van der Waals surface area contributed by atoms with E-state index in [1.165, 1.54) is 0 Å². The average Bonchev–Trinajstić information content (AvgIpc) is 2.81. The van der Waals surface area contributed by atoms with E-state index in [1.807, 2.05) is 74.6 Å². The molecule has 5 heteroatoms. The summed E-state index contributed by atoms with van der Waals surface area (Å²) in [5.41, 5.74) is 6.22. The fourth-order valence-corrected chi connectivity index (χ4v) is 4.90. The molecule has 0 spiro atoms. The Balaban J connectivity index is 1.77. The molecule has 0 aliphatic heterocycles. The number of aryl methyl sites for hydroxylation is 3. The van der Waals surface area contributed by atoms with Crippen molar-refractivity contribution in [3.63, 3.8) is 0 Å². The molecule has 4 aromatic rings. The largest absolute Gasteiger partial charge is 0.308 e. The smallest absolute Gasteiger partial charge is 0.258 e. The molecule has 2 heterocycles. The molecule has 0 aliphatic rings. The third-order valence-electron chi connectivity index (χ3n) is 6.06. The van der Waals surface area contributed by atoms with Crippen molar-refractivity contribution in [1.29, 1.82) is 0 Å². The minimum atomic E-state index is -0.0376. The molecule has 0 radical (unpaired) electrons. The van der Waals surface area contributed by atoms with Crippen molar-refractivity contribution in [2.75, 3.05) is 0 Å². The molecule has 0 unspecified atom stereocenters. The Bertz CT molecular complexity index is 1390. The first-order chi connectivity index (χ1) is 15.9. The van der Waals surface area contributed by atoms with Crippen LogP contribution in [-0.2, 0) is 30.6 Å². The number of hydrogen-bond donors (Lipinski definition) is 0. The summed E-state index contributed by atoms with van der Waals surface area (Å²) in [5.74, 6) is 0.151. The van der Waals surface area contributed by atoms with E-state index in [9.17, 15) is 9.59 Å². The molecule has 0 saturated carbocycles. The second-order valence-electron chi connectivity index (χ2n) is 8.33. The fourth-order valence-electron chi connectivity index (χ4n) is 4.23. The molecule has 0 fully saturated rings. The number of pyridine rings is 2. The lowest BCUT2D eigenvalue weighted by Gasteiger charge is -2.15. The lowest BCUT2D eigenvalue weighted by atomic mass is 9.95. The lowest BCUT2D eigenvalue weighted by molar-refractivity contribution is -0.117. The van der Waals surface area contributed by atoms with Gasteiger partial charge in [0.1, 0.15) is 5.78 Å². The second-order valence-corrected chi connectivity index (χ2v) is 9.19. The summed E-state index contributed by atoms with van der Waals surface area (Å²) in [4.78, 5) is 30.8. The Morgan fingerprint density at radius 3 is 2.45 bits per heavy atom. The summed E-state index contributed by atoms with van der Waals surface area (Å²) < 4.78 is 2.65. The van der Waals surface area contributed by atoms with Crippen LogP contribution >= 0.6 is 15.9 Å². The highest BCUT2D eigenvalue weighted by molar-refractivity contribution is 9.10. The van der Waals surface area contributed by atoms with Crippen molar-refractivity contribution in [3.8, 4) is 11.1 Å². The predicted molar refractivity (Wildman–Crippen MR) is 138 cm³/mol. The fraction of sp³-hybridized carbons (Fsp3) is 0.250. The van der Waals surface area contributed by atoms with Crippen LogP contribution in [0.5, 0.6) is 0 Å². The van der Waals surface area contributed by atoms with Crippen LogP contribution in [0.1, 0.15) is 36.2 Å². The van der Waals surface area contributed by atoms with Gasteiger partial charge in [-0.3, -0.25) is 14.6 Å². The van der Waals surface area contributed by atoms with Crippen LogP contribution in [0, 0.1) is 6.92 Å². The van der Waals surface area contributed by atoms with Gasteiger partial charge in [-0.15, -0.1) is 0 Å². The van der Waals surface area contributed by atoms with E-state index in [4.69, 9.17) is 0 Å². The van der Waals surface area contributed by atoms with Gasteiger partial charge in [0, 0.05) is 52.3 Å². The molecule has 0 atom stereocenters. The monoisotopic (exact) mass is 502 g/mol. The van der Waals surface area contributed by atoms with Crippen LogP contribution in [0.2, 0.25) is 0 Å². The molecular weight excluding hydrogens is 476 g/mol. The van der Waals surface area contributed by atoms with Crippen molar-refractivity contribution in [2.45, 2.75) is 46.6 Å². The van der Waals surface area contributed by atoms with Gasteiger partial charge in [-0.25, -0.2) is 0 Å². The first kappa shape index (κ1) is 23.1. The molecule has 168 valence electrons. The summed E-state index contributed by atoms with van der Waals surface area (Å²) in [6.45, 7) is 6.61. The molecule has 4 rings (SSSR count). The standard InChI is InChI=1S/C28H27BrN2O2/c1-4-22-16-27-21(17-30-22)15-25(28(33)31(27)5-2)24-14-20(18(3)11-26(24)29)13-23(32)12-19-9-7-6-8-10-19/h6-11,14-17H,4-5,12-13H2,1-3H3. The highest BCUT2D eigenvalue weighted by Gasteiger charge is 2.16. The summed E-state index contributed by atoms with van der Waals surface area (Å²) in [5, 5.41) is 0.929. The normalized spacial score (nSPS) is 11.2. The number of carbonyl (C=O) groups is 1. The Morgan fingerprint density at radius 1 is 1.00 bits per heavy atom. The second kappa shape index (κ2) is 9.84. The highest BCUT2D eigenvalue weighted by Crippen LogP contribution is 2.31. The van der Waals surface area contributed by atoms with Crippen molar-refractivity contribution < 1.29 is 4.79 Å². The van der Waals surface area contributed by atoms with Gasteiger partial charge in [-0.05, 0) is 61.2 Å². The van der Waals surface area contributed by atoms with Gasteiger partial charge in [-0.2, -0.15) is 0 Å². The maximum Gasteiger partial charge on any atom is 0.258 e. The molecular formula is C28H27BrN2O2. The molecule has 0 N–H and O–H groups in total. The number of carbonyl (C=O) groups excluding carboxylic acids is 1. The number of aromatic nitrogens is 2. The zero-order valence-electron chi connectivity index (χ0n) is 19.2. The van der Waals surface area contributed by atoms with Crippen LogP contribution in [-0.4, -0.2) is 15.3 Å². The minimum Gasteiger partial charge on any atom is -0.308 e. The van der Waals surface area contributed by atoms with E-state index in [2.05, 4.69) is 27.8 Å². The van der Waals surface area contributed by atoms with E-state index in [-0.39, 0.29) is 11.3 Å². The van der Waals surface area contributed by atoms with Gasteiger partial charge in [0.15, 0.2) is 0 Å². The number of halogens is 1. The maximum absolute atomic E-state index is 13.5. The minimum absolute atomic E-state index is 0.0376. The van der Waals surface area contributed by atoms with E-state index in [1.54, 1.807) is 4.57 Å². The van der Waals surface area contributed by atoms with Crippen LogP contribution in [0.4, 0.5) is 0 Å². The Labute approximate surface area is 202 Å². The van der Waals surface area contributed by atoms with Gasteiger partial charge in [-0.1, -0.05) is 53.2 Å². The van der Waals surface area contributed by atoms with E-state index < -0.39 is 0 Å². The average molecular weight is 503 g/mol. The number of rotatable bonds is 7. The first-order valence-corrected chi connectivity index (χ1v) is 12.1. The first-order valence-electron chi connectivity index (χ1n) is 11.3.